The molecule has 0 aliphatic rings. The lowest BCUT2D eigenvalue weighted by Gasteiger charge is -2.15. The molecule has 0 bridgehead atoms. The zero-order chi connectivity index (χ0) is 8.69. The summed E-state index contributed by atoms with van der Waals surface area (Å²) in [7, 11) is 0. The first-order chi connectivity index (χ1) is 5.24. The van der Waals surface area contributed by atoms with Crippen molar-refractivity contribution >= 4 is 0 Å². The van der Waals surface area contributed by atoms with Crippen LogP contribution >= 0.6 is 0 Å². The summed E-state index contributed by atoms with van der Waals surface area (Å²) >= 11 is 0. The molecule has 0 aromatic heterocycles. The molecule has 0 rings (SSSR count). The Hall–Kier alpha value is -0.300. The summed E-state index contributed by atoms with van der Waals surface area (Å²) in [6, 6.07) is 0.454. The van der Waals surface area contributed by atoms with E-state index in [4.69, 9.17) is 0 Å². The van der Waals surface area contributed by atoms with Crippen molar-refractivity contribution in [2.45, 2.75) is 39.7 Å². The van der Waals surface area contributed by atoms with Crippen LogP contribution in [0.15, 0.2) is 12.7 Å². The zero-order valence-corrected chi connectivity index (χ0v) is 8.06. The van der Waals surface area contributed by atoms with Gasteiger partial charge < -0.3 is 5.32 Å². The van der Waals surface area contributed by atoms with Crippen LogP contribution < -0.4 is 5.32 Å². The van der Waals surface area contributed by atoms with Gasteiger partial charge in [0.1, 0.15) is 0 Å². The molecule has 1 unspecified atom stereocenters. The summed E-state index contributed by atoms with van der Waals surface area (Å²) in [5.41, 5.74) is 0. The molecule has 0 saturated heterocycles. The Morgan fingerprint density at radius 3 is 2.27 bits per heavy atom. The Labute approximate surface area is 70.9 Å². The summed E-state index contributed by atoms with van der Waals surface area (Å²) < 4.78 is 0. The van der Waals surface area contributed by atoms with E-state index in [-0.39, 0.29) is 0 Å². The number of hydrogen-bond donors (Lipinski definition) is 1. The van der Waals surface area contributed by atoms with E-state index in [0.29, 0.717) is 6.04 Å². The maximum absolute atomic E-state index is 3.73. The van der Waals surface area contributed by atoms with Gasteiger partial charge in [-0.3, -0.25) is 0 Å². The molecule has 66 valence electrons. The number of hydrogen-bond acceptors (Lipinski definition) is 1. The molecule has 0 amide bonds. The van der Waals surface area contributed by atoms with E-state index < -0.39 is 0 Å². The Bertz CT molecular complexity index is 95.0. The lowest BCUT2D eigenvalue weighted by molar-refractivity contribution is 0.438. The van der Waals surface area contributed by atoms with Crippen molar-refractivity contribution in [2.24, 2.45) is 5.92 Å². The van der Waals surface area contributed by atoms with Gasteiger partial charge in [-0.2, -0.15) is 0 Å². The average molecular weight is 155 g/mol. The molecule has 0 spiro atoms. The third-order valence-electron chi connectivity index (χ3n) is 2.24. The largest absolute Gasteiger partial charge is 0.311 e. The minimum absolute atomic E-state index is 0.454. The SMILES string of the molecule is C=CC(C)NCC(CC)CC. The Kier molecular flexibility index (Phi) is 6.24. The van der Waals surface area contributed by atoms with Crippen molar-refractivity contribution in [3.8, 4) is 0 Å². The van der Waals surface area contributed by atoms with Crippen molar-refractivity contribution in [3.63, 3.8) is 0 Å². The molecule has 0 aromatic rings. The molecule has 1 heteroatoms. The predicted molar refractivity (Wildman–Crippen MR) is 51.7 cm³/mol. The minimum Gasteiger partial charge on any atom is -0.311 e. The Balaban J connectivity index is 3.41. The van der Waals surface area contributed by atoms with Gasteiger partial charge in [0.2, 0.25) is 0 Å². The van der Waals surface area contributed by atoms with Crippen LogP contribution in [0, 0.1) is 5.92 Å². The van der Waals surface area contributed by atoms with Gasteiger partial charge in [0, 0.05) is 6.04 Å². The van der Waals surface area contributed by atoms with Gasteiger partial charge in [-0.1, -0.05) is 32.8 Å². The van der Waals surface area contributed by atoms with Crippen LogP contribution in [-0.4, -0.2) is 12.6 Å². The molecule has 0 aromatic carbocycles. The molecule has 1 N–H and O–H groups in total. The van der Waals surface area contributed by atoms with Gasteiger partial charge >= 0.3 is 0 Å². The van der Waals surface area contributed by atoms with Crippen LogP contribution in [0.25, 0.3) is 0 Å². The van der Waals surface area contributed by atoms with Crippen molar-refractivity contribution in [1.82, 2.24) is 5.32 Å². The highest BCUT2D eigenvalue weighted by molar-refractivity contribution is 4.81. The second-order valence-corrected chi connectivity index (χ2v) is 3.12. The highest BCUT2D eigenvalue weighted by atomic mass is 14.9. The summed E-state index contributed by atoms with van der Waals surface area (Å²) in [6.07, 6.45) is 4.49. The van der Waals surface area contributed by atoms with Crippen LogP contribution in [0.2, 0.25) is 0 Å². The number of rotatable bonds is 6. The van der Waals surface area contributed by atoms with Crippen molar-refractivity contribution in [2.75, 3.05) is 6.54 Å². The van der Waals surface area contributed by atoms with E-state index in [0.717, 1.165) is 12.5 Å². The van der Waals surface area contributed by atoms with Gasteiger partial charge in [0.05, 0.1) is 0 Å². The van der Waals surface area contributed by atoms with Gasteiger partial charge in [-0.05, 0) is 19.4 Å². The fraction of sp³-hybridized carbons (Fsp3) is 0.800. The van der Waals surface area contributed by atoms with Crippen molar-refractivity contribution in [3.05, 3.63) is 12.7 Å². The minimum atomic E-state index is 0.454. The predicted octanol–water partition coefficient (Wildman–Crippen LogP) is 2.59. The van der Waals surface area contributed by atoms with E-state index in [9.17, 15) is 0 Å². The van der Waals surface area contributed by atoms with E-state index in [2.05, 4.69) is 32.7 Å². The molecule has 0 aliphatic carbocycles. The molecule has 0 radical (unpaired) electrons. The van der Waals surface area contributed by atoms with E-state index in [1.807, 2.05) is 6.08 Å². The number of nitrogens with one attached hydrogen (secondary N) is 1. The van der Waals surface area contributed by atoms with Crippen LogP contribution in [0.4, 0.5) is 0 Å². The molecular formula is C10H21N. The second-order valence-electron chi connectivity index (χ2n) is 3.12. The van der Waals surface area contributed by atoms with Crippen LogP contribution in [0.3, 0.4) is 0 Å². The smallest absolute Gasteiger partial charge is 0.0219 e. The van der Waals surface area contributed by atoms with Gasteiger partial charge in [-0.15, -0.1) is 6.58 Å². The zero-order valence-electron chi connectivity index (χ0n) is 8.06. The van der Waals surface area contributed by atoms with Crippen LogP contribution in [0.1, 0.15) is 33.6 Å². The van der Waals surface area contributed by atoms with Gasteiger partial charge in [-0.25, -0.2) is 0 Å². The molecule has 0 aliphatic heterocycles. The molecule has 1 nitrogen and oxygen atoms in total. The van der Waals surface area contributed by atoms with E-state index in [1.54, 1.807) is 0 Å². The van der Waals surface area contributed by atoms with Gasteiger partial charge in [0.25, 0.3) is 0 Å². The first kappa shape index (κ1) is 10.7. The molecule has 1 atom stereocenters. The van der Waals surface area contributed by atoms with Crippen molar-refractivity contribution < 1.29 is 0 Å². The molecule has 11 heavy (non-hydrogen) atoms. The Morgan fingerprint density at radius 1 is 1.36 bits per heavy atom. The normalized spacial score (nSPS) is 13.5. The molecule has 0 fully saturated rings. The van der Waals surface area contributed by atoms with E-state index in [1.165, 1.54) is 12.8 Å². The monoisotopic (exact) mass is 155 g/mol. The summed E-state index contributed by atoms with van der Waals surface area (Å²) in [4.78, 5) is 0. The topological polar surface area (TPSA) is 12.0 Å². The summed E-state index contributed by atoms with van der Waals surface area (Å²) in [5.74, 6) is 0.831. The maximum Gasteiger partial charge on any atom is 0.0219 e. The first-order valence-electron chi connectivity index (χ1n) is 4.60. The Morgan fingerprint density at radius 2 is 1.91 bits per heavy atom. The van der Waals surface area contributed by atoms with Crippen LogP contribution in [0.5, 0.6) is 0 Å². The maximum atomic E-state index is 3.73. The summed E-state index contributed by atoms with van der Waals surface area (Å²) in [5, 5.41) is 3.42. The highest BCUT2D eigenvalue weighted by Gasteiger charge is 2.03. The highest BCUT2D eigenvalue weighted by Crippen LogP contribution is 2.05. The fourth-order valence-corrected chi connectivity index (χ4v) is 1.01. The lowest BCUT2D eigenvalue weighted by atomic mass is 10.0. The van der Waals surface area contributed by atoms with Gasteiger partial charge in [0.15, 0.2) is 0 Å². The third kappa shape index (κ3) is 5.02. The van der Waals surface area contributed by atoms with Crippen LogP contribution in [-0.2, 0) is 0 Å². The standard InChI is InChI=1S/C10H21N/c1-5-9(4)11-8-10(6-2)7-3/h5,9-11H,1,6-8H2,2-4H3. The summed E-state index contributed by atoms with van der Waals surface area (Å²) in [6.45, 7) is 11.5. The molecular weight excluding hydrogens is 134 g/mol. The van der Waals surface area contributed by atoms with E-state index >= 15 is 0 Å². The van der Waals surface area contributed by atoms with Crippen molar-refractivity contribution in [1.29, 1.82) is 0 Å². The molecule has 0 heterocycles. The second kappa shape index (κ2) is 6.41. The molecule has 0 saturated carbocycles. The lowest BCUT2D eigenvalue weighted by Crippen LogP contribution is -2.29. The first-order valence-corrected chi connectivity index (χ1v) is 4.60. The average Bonchev–Trinajstić information content (AvgIpc) is 2.06. The third-order valence-corrected chi connectivity index (χ3v) is 2.24. The quantitative estimate of drug-likeness (QED) is 0.581. The fourth-order valence-electron chi connectivity index (χ4n) is 1.01.